The lowest BCUT2D eigenvalue weighted by molar-refractivity contribution is -0.121. The van der Waals surface area contributed by atoms with Crippen LogP contribution in [0.2, 0.25) is 0 Å². The first kappa shape index (κ1) is 20.9. The lowest BCUT2D eigenvalue weighted by Crippen LogP contribution is -2.43. The van der Waals surface area contributed by atoms with E-state index in [2.05, 4.69) is 0 Å². The van der Waals surface area contributed by atoms with E-state index in [4.69, 9.17) is 9.47 Å². The van der Waals surface area contributed by atoms with Gasteiger partial charge in [0.2, 0.25) is 0 Å². The van der Waals surface area contributed by atoms with Crippen LogP contribution in [0.3, 0.4) is 0 Å². The van der Waals surface area contributed by atoms with Crippen molar-refractivity contribution in [3.8, 4) is 5.75 Å². The quantitative estimate of drug-likeness (QED) is 0.643. The summed E-state index contributed by atoms with van der Waals surface area (Å²) >= 11 is 0. The van der Waals surface area contributed by atoms with Crippen molar-refractivity contribution in [2.75, 3.05) is 29.6 Å². The summed E-state index contributed by atoms with van der Waals surface area (Å²) in [6, 6.07) is 14.9. The third kappa shape index (κ3) is 5.35. The third-order valence-corrected chi connectivity index (χ3v) is 6.33. The molecule has 7 nitrogen and oxygen atoms in total. The second kappa shape index (κ2) is 9.09. The Balaban J connectivity index is 1.74. The Morgan fingerprint density at radius 3 is 2.52 bits per heavy atom. The Hall–Kier alpha value is -2.87. The van der Waals surface area contributed by atoms with E-state index in [0.717, 1.165) is 0 Å². The normalized spacial score (nSPS) is 17.5. The smallest absolute Gasteiger partial charge is 0.338 e. The van der Waals surface area contributed by atoms with Crippen molar-refractivity contribution in [3.63, 3.8) is 0 Å². The predicted octanol–water partition coefficient (Wildman–Crippen LogP) is 2.46. The molecule has 2 aromatic rings. The number of ether oxygens (including phenoxy) is 2. The van der Waals surface area contributed by atoms with Gasteiger partial charge in [0.25, 0.3) is 5.91 Å². The fourth-order valence-electron chi connectivity index (χ4n) is 3.27. The maximum atomic E-state index is 13.0. The summed E-state index contributed by atoms with van der Waals surface area (Å²) in [5.41, 5.74) is 0.960. The molecule has 1 heterocycles. The van der Waals surface area contributed by atoms with Crippen molar-refractivity contribution in [1.29, 1.82) is 0 Å². The van der Waals surface area contributed by atoms with Gasteiger partial charge in [-0.05, 0) is 43.7 Å². The number of esters is 1. The number of nitrogens with zero attached hydrogens (tertiary/aromatic N) is 1. The second-order valence-corrected chi connectivity index (χ2v) is 8.92. The van der Waals surface area contributed by atoms with Gasteiger partial charge in [-0.1, -0.05) is 24.3 Å². The van der Waals surface area contributed by atoms with Crippen LogP contribution in [0.25, 0.3) is 0 Å². The first-order valence-electron chi connectivity index (χ1n) is 9.37. The summed E-state index contributed by atoms with van der Waals surface area (Å²) in [6.07, 6.45) is 0.390. The number of carbonyl (C=O) groups is 2. The Morgan fingerprint density at radius 2 is 1.86 bits per heavy atom. The highest BCUT2D eigenvalue weighted by atomic mass is 32.2. The van der Waals surface area contributed by atoms with Crippen molar-refractivity contribution in [3.05, 3.63) is 60.2 Å². The number of benzene rings is 2. The van der Waals surface area contributed by atoms with Crippen molar-refractivity contribution in [1.82, 2.24) is 0 Å². The highest BCUT2D eigenvalue weighted by Crippen LogP contribution is 2.25. The summed E-state index contributed by atoms with van der Waals surface area (Å²) in [5, 5.41) is 0. The molecule has 1 fully saturated rings. The molecule has 1 amide bonds. The number of carbonyl (C=O) groups excluding carboxylic acids is 2. The number of sulfone groups is 1. The molecule has 1 aliphatic heterocycles. The fourth-order valence-corrected chi connectivity index (χ4v) is 4.97. The van der Waals surface area contributed by atoms with Crippen LogP contribution < -0.4 is 9.64 Å². The molecule has 0 radical (unpaired) electrons. The van der Waals surface area contributed by atoms with Crippen molar-refractivity contribution in [2.45, 2.75) is 19.4 Å². The third-order valence-electron chi connectivity index (χ3n) is 4.58. The van der Waals surface area contributed by atoms with E-state index in [1.807, 2.05) is 6.07 Å². The Kier molecular flexibility index (Phi) is 6.53. The van der Waals surface area contributed by atoms with E-state index in [9.17, 15) is 18.0 Å². The van der Waals surface area contributed by atoms with E-state index in [0.29, 0.717) is 23.4 Å². The molecule has 0 saturated carbocycles. The van der Waals surface area contributed by atoms with Crippen LogP contribution in [-0.2, 0) is 19.4 Å². The minimum absolute atomic E-state index is 0.0635. The number of para-hydroxylation sites is 1. The molecule has 8 heteroatoms. The molecule has 0 spiro atoms. The minimum Gasteiger partial charge on any atom is -0.484 e. The van der Waals surface area contributed by atoms with Crippen molar-refractivity contribution >= 4 is 27.4 Å². The zero-order chi connectivity index (χ0) is 20.9. The first-order valence-corrected chi connectivity index (χ1v) is 11.2. The van der Waals surface area contributed by atoms with E-state index in [-0.39, 0.29) is 30.6 Å². The van der Waals surface area contributed by atoms with Gasteiger partial charge in [0, 0.05) is 5.69 Å². The molecule has 0 aliphatic carbocycles. The van der Waals surface area contributed by atoms with Crippen molar-refractivity contribution in [2.24, 2.45) is 0 Å². The Labute approximate surface area is 170 Å². The summed E-state index contributed by atoms with van der Waals surface area (Å²) in [4.78, 5) is 26.3. The van der Waals surface area contributed by atoms with Gasteiger partial charge in [-0.2, -0.15) is 0 Å². The summed E-state index contributed by atoms with van der Waals surface area (Å²) in [5.74, 6) is -0.454. The molecule has 0 bridgehead atoms. The summed E-state index contributed by atoms with van der Waals surface area (Å²) in [6.45, 7) is 1.70. The standard InChI is InChI=1S/C21H23NO6S/c1-2-27-21(24)16-7-6-10-19(13-16)28-14-20(23)22(17-8-4-3-5-9-17)18-11-12-29(25,26)15-18/h3-10,13,18H,2,11-12,14-15H2,1H3/t18-/m0/s1. The zero-order valence-corrected chi connectivity index (χ0v) is 16.9. The lowest BCUT2D eigenvalue weighted by atomic mass is 10.2. The molecule has 0 unspecified atom stereocenters. The van der Waals surface area contributed by atoms with E-state index in [1.54, 1.807) is 49.4 Å². The van der Waals surface area contributed by atoms with Gasteiger partial charge in [0.15, 0.2) is 16.4 Å². The van der Waals surface area contributed by atoms with Gasteiger partial charge in [-0.3, -0.25) is 4.79 Å². The molecule has 1 saturated heterocycles. The largest absolute Gasteiger partial charge is 0.484 e. The maximum Gasteiger partial charge on any atom is 0.338 e. The highest BCUT2D eigenvalue weighted by Gasteiger charge is 2.35. The predicted molar refractivity (Wildman–Crippen MR) is 109 cm³/mol. The van der Waals surface area contributed by atoms with Crippen LogP contribution in [0.5, 0.6) is 5.75 Å². The van der Waals surface area contributed by atoms with Gasteiger partial charge >= 0.3 is 5.97 Å². The molecule has 1 atom stereocenters. The Bertz CT molecular complexity index is 974. The molecule has 0 aromatic heterocycles. The van der Waals surface area contributed by atoms with Crippen molar-refractivity contribution < 1.29 is 27.5 Å². The average Bonchev–Trinajstić information content (AvgIpc) is 3.07. The van der Waals surface area contributed by atoms with E-state index >= 15 is 0 Å². The number of amides is 1. The monoisotopic (exact) mass is 417 g/mol. The van der Waals surface area contributed by atoms with Crippen LogP contribution in [0.4, 0.5) is 5.69 Å². The van der Waals surface area contributed by atoms with Gasteiger partial charge < -0.3 is 14.4 Å². The first-order chi connectivity index (χ1) is 13.9. The van der Waals surface area contributed by atoms with Gasteiger partial charge in [-0.15, -0.1) is 0 Å². The molecular weight excluding hydrogens is 394 g/mol. The second-order valence-electron chi connectivity index (χ2n) is 6.69. The van der Waals surface area contributed by atoms with Gasteiger partial charge in [0.1, 0.15) is 5.75 Å². The topological polar surface area (TPSA) is 90.0 Å². The molecular formula is C21H23NO6S. The number of rotatable bonds is 7. The van der Waals surface area contributed by atoms with Gasteiger partial charge in [0.05, 0.1) is 29.7 Å². The summed E-state index contributed by atoms with van der Waals surface area (Å²) < 4.78 is 34.4. The van der Waals surface area contributed by atoms with Crippen LogP contribution in [0, 0.1) is 0 Å². The molecule has 154 valence electrons. The molecule has 0 N–H and O–H groups in total. The van der Waals surface area contributed by atoms with Crippen LogP contribution in [-0.4, -0.2) is 51.1 Å². The Morgan fingerprint density at radius 1 is 1.10 bits per heavy atom. The molecule has 1 aliphatic rings. The number of hydrogen-bond donors (Lipinski definition) is 0. The number of anilines is 1. The summed E-state index contributed by atoms with van der Waals surface area (Å²) in [7, 11) is -3.16. The number of hydrogen-bond acceptors (Lipinski definition) is 6. The van der Waals surface area contributed by atoms with Crippen LogP contribution >= 0.6 is 0 Å². The lowest BCUT2D eigenvalue weighted by Gasteiger charge is -2.28. The maximum absolute atomic E-state index is 13.0. The van der Waals surface area contributed by atoms with Crippen LogP contribution in [0.1, 0.15) is 23.7 Å². The fraction of sp³-hybridized carbons (Fsp3) is 0.333. The van der Waals surface area contributed by atoms with E-state index < -0.39 is 21.8 Å². The SMILES string of the molecule is CCOC(=O)c1cccc(OCC(=O)N(c2ccccc2)[C@H]2CCS(=O)(=O)C2)c1. The van der Waals surface area contributed by atoms with Gasteiger partial charge in [-0.25, -0.2) is 13.2 Å². The molecule has 3 rings (SSSR count). The van der Waals surface area contributed by atoms with E-state index in [1.165, 1.54) is 11.0 Å². The van der Waals surface area contributed by atoms with Crippen LogP contribution in [0.15, 0.2) is 54.6 Å². The molecule has 2 aromatic carbocycles. The zero-order valence-electron chi connectivity index (χ0n) is 16.1. The minimum atomic E-state index is -3.16. The average molecular weight is 417 g/mol. The molecule has 29 heavy (non-hydrogen) atoms. The highest BCUT2D eigenvalue weighted by molar-refractivity contribution is 7.91.